The minimum Gasteiger partial charge on any atom is -0.482 e. The Kier molecular flexibility index (Phi) is 8.39. The third kappa shape index (κ3) is 7.30. The molecule has 3 nitrogen and oxygen atoms in total. The van der Waals surface area contributed by atoms with Crippen molar-refractivity contribution >= 4 is 23.3 Å². The maximum atomic E-state index is 13.0. The zero-order valence-corrected chi connectivity index (χ0v) is 19.6. The second kappa shape index (κ2) is 11.1. The highest BCUT2D eigenvalue weighted by atomic mass is 32.2. The van der Waals surface area contributed by atoms with Crippen LogP contribution in [0.4, 0.5) is 26.3 Å². The van der Waals surface area contributed by atoms with Gasteiger partial charge in [0, 0.05) is 10.6 Å². The summed E-state index contributed by atoms with van der Waals surface area (Å²) in [5, 5.41) is 8.72. The van der Waals surface area contributed by atoms with E-state index >= 15 is 0 Å². The van der Waals surface area contributed by atoms with E-state index in [1.165, 1.54) is 36.0 Å². The van der Waals surface area contributed by atoms with Crippen LogP contribution >= 0.6 is 11.8 Å². The Balaban J connectivity index is 1.87. The average molecular weight is 526 g/mol. The first kappa shape index (κ1) is 27.2. The van der Waals surface area contributed by atoms with Crippen molar-refractivity contribution in [3.8, 4) is 5.75 Å². The van der Waals surface area contributed by atoms with E-state index in [1.807, 2.05) is 6.92 Å². The van der Waals surface area contributed by atoms with Crippen LogP contribution in [0.3, 0.4) is 0 Å². The highest BCUT2D eigenvalue weighted by molar-refractivity contribution is 7.99. The van der Waals surface area contributed by atoms with Crippen LogP contribution in [0.5, 0.6) is 5.75 Å². The molecule has 3 rings (SSSR count). The Morgan fingerprint density at radius 1 is 0.861 bits per heavy atom. The standard InChI is InChI=1S/C26H20F6O3S/c1-16-14-21(35-15-24(33)34)10-11-23(16)36-13-12-22(17-2-6-19(7-3-17)25(27,28)29)18-4-8-20(9-5-18)26(30,31)32/h2-12,14H,13,15H2,1H3,(H,33,34). The summed E-state index contributed by atoms with van der Waals surface area (Å²) in [7, 11) is 0. The van der Waals surface area contributed by atoms with Gasteiger partial charge in [0.05, 0.1) is 11.1 Å². The largest absolute Gasteiger partial charge is 0.482 e. The molecule has 3 aromatic rings. The lowest BCUT2D eigenvalue weighted by Crippen LogP contribution is -2.09. The van der Waals surface area contributed by atoms with Gasteiger partial charge in [-0.3, -0.25) is 0 Å². The van der Waals surface area contributed by atoms with E-state index in [2.05, 4.69) is 0 Å². The number of hydrogen-bond donors (Lipinski definition) is 1. The summed E-state index contributed by atoms with van der Waals surface area (Å²) >= 11 is 1.40. The van der Waals surface area contributed by atoms with Gasteiger partial charge in [-0.05, 0) is 71.7 Å². The number of alkyl halides is 6. The monoisotopic (exact) mass is 526 g/mol. The molecule has 190 valence electrons. The van der Waals surface area contributed by atoms with Gasteiger partial charge < -0.3 is 9.84 Å². The summed E-state index contributed by atoms with van der Waals surface area (Å²) in [4.78, 5) is 11.5. The number of aliphatic carboxylic acids is 1. The number of ether oxygens (including phenoxy) is 1. The topological polar surface area (TPSA) is 46.5 Å². The Morgan fingerprint density at radius 3 is 1.78 bits per heavy atom. The van der Waals surface area contributed by atoms with E-state index in [1.54, 1.807) is 24.3 Å². The summed E-state index contributed by atoms with van der Waals surface area (Å²) in [6, 6.07) is 13.9. The highest BCUT2D eigenvalue weighted by Gasteiger charge is 2.31. The van der Waals surface area contributed by atoms with Crippen molar-refractivity contribution in [2.24, 2.45) is 0 Å². The molecule has 0 spiro atoms. The van der Waals surface area contributed by atoms with Gasteiger partial charge in [-0.1, -0.05) is 30.3 Å². The molecule has 0 heterocycles. The highest BCUT2D eigenvalue weighted by Crippen LogP contribution is 2.34. The van der Waals surface area contributed by atoms with Gasteiger partial charge in [-0.2, -0.15) is 26.3 Å². The lowest BCUT2D eigenvalue weighted by molar-refractivity contribution is -0.139. The molecule has 0 saturated carbocycles. The molecule has 0 aliphatic heterocycles. The summed E-state index contributed by atoms with van der Waals surface area (Å²) in [5.74, 6) is -0.339. The number of carboxylic acids is 1. The van der Waals surface area contributed by atoms with Crippen molar-refractivity contribution in [2.45, 2.75) is 24.2 Å². The van der Waals surface area contributed by atoms with Crippen LogP contribution in [0.1, 0.15) is 27.8 Å². The van der Waals surface area contributed by atoms with Crippen molar-refractivity contribution < 1.29 is 41.0 Å². The summed E-state index contributed by atoms with van der Waals surface area (Å²) in [6.07, 6.45) is -7.28. The molecule has 1 N–H and O–H groups in total. The number of hydrogen-bond acceptors (Lipinski definition) is 3. The summed E-state index contributed by atoms with van der Waals surface area (Å²) in [6.45, 7) is 1.34. The SMILES string of the molecule is Cc1cc(OCC(=O)O)ccc1SCC=C(c1ccc(C(F)(F)F)cc1)c1ccc(C(F)(F)F)cc1. The van der Waals surface area contributed by atoms with Crippen molar-refractivity contribution in [1.82, 2.24) is 0 Å². The molecule has 10 heteroatoms. The molecule has 0 radical (unpaired) electrons. The first-order valence-corrected chi connectivity index (χ1v) is 11.5. The third-order valence-electron chi connectivity index (χ3n) is 5.08. The molecule has 3 aromatic carbocycles. The predicted octanol–water partition coefficient (Wildman–Crippen LogP) is 7.72. The molecule has 0 atom stereocenters. The number of rotatable bonds is 8. The van der Waals surface area contributed by atoms with Crippen LogP contribution < -0.4 is 4.74 Å². The quantitative estimate of drug-likeness (QED) is 0.241. The summed E-state index contributed by atoms with van der Waals surface area (Å²) in [5.41, 5.74) is 0.516. The Hall–Kier alpha value is -3.40. The molecule has 36 heavy (non-hydrogen) atoms. The number of halogens is 6. The fourth-order valence-corrected chi connectivity index (χ4v) is 4.19. The Bertz CT molecular complexity index is 1170. The molecular weight excluding hydrogens is 506 g/mol. The molecule has 0 bridgehead atoms. The van der Waals surface area contributed by atoms with E-state index in [0.717, 1.165) is 34.7 Å². The molecule has 0 aromatic heterocycles. The van der Waals surface area contributed by atoms with Crippen molar-refractivity contribution in [3.05, 3.63) is 101 Å². The average Bonchev–Trinajstić information content (AvgIpc) is 2.81. The van der Waals surface area contributed by atoms with Crippen molar-refractivity contribution in [2.75, 3.05) is 12.4 Å². The van der Waals surface area contributed by atoms with Crippen LogP contribution in [0.25, 0.3) is 5.57 Å². The molecular formula is C26H20F6O3S. The minimum atomic E-state index is -4.51. The van der Waals surface area contributed by atoms with Crippen LogP contribution in [0, 0.1) is 6.92 Å². The molecule has 0 aliphatic carbocycles. The zero-order chi connectivity index (χ0) is 26.5. The van der Waals surface area contributed by atoms with Gasteiger partial charge in [0.2, 0.25) is 0 Å². The number of aryl methyl sites for hydroxylation is 1. The van der Waals surface area contributed by atoms with E-state index in [4.69, 9.17) is 9.84 Å². The van der Waals surface area contributed by atoms with Gasteiger partial charge in [-0.25, -0.2) is 4.79 Å². The number of carboxylic acid groups (broad SMARTS) is 1. The smallest absolute Gasteiger partial charge is 0.416 e. The predicted molar refractivity (Wildman–Crippen MR) is 125 cm³/mol. The number of thioether (sulfide) groups is 1. The zero-order valence-electron chi connectivity index (χ0n) is 18.8. The van der Waals surface area contributed by atoms with E-state index in [0.29, 0.717) is 28.2 Å². The number of carbonyl (C=O) groups is 1. The maximum absolute atomic E-state index is 13.0. The molecule has 0 aliphatic rings. The maximum Gasteiger partial charge on any atom is 0.416 e. The fourth-order valence-electron chi connectivity index (χ4n) is 3.31. The lowest BCUT2D eigenvalue weighted by Gasteiger charge is -2.13. The van der Waals surface area contributed by atoms with Crippen LogP contribution in [0.2, 0.25) is 0 Å². The van der Waals surface area contributed by atoms with E-state index in [9.17, 15) is 31.1 Å². The lowest BCUT2D eigenvalue weighted by atomic mass is 9.96. The van der Waals surface area contributed by atoms with Crippen LogP contribution in [-0.2, 0) is 17.1 Å². The van der Waals surface area contributed by atoms with Crippen molar-refractivity contribution in [3.63, 3.8) is 0 Å². The third-order valence-corrected chi connectivity index (χ3v) is 6.18. The first-order valence-electron chi connectivity index (χ1n) is 10.5. The fraction of sp³-hybridized carbons (Fsp3) is 0.192. The Labute approximate surface area is 207 Å². The van der Waals surface area contributed by atoms with Gasteiger partial charge >= 0.3 is 18.3 Å². The molecule has 0 unspecified atom stereocenters. The summed E-state index contributed by atoms with van der Waals surface area (Å²) < 4.78 is 83.0. The molecule has 0 saturated heterocycles. The second-order valence-electron chi connectivity index (χ2n) is 7.69. The van der Waals surface area contributed by atoms with Gasteiger partial charge in [0.25, 0.3) is 0 Å². The Morgan fingerprint density at radius 2 is 1.36 bits per heavy atom. The van der Waals surface area contributed by atoms with Gasteiger partial charge in [-0.15, -0.1) is 11.8 Å². The van der Waals surface area contributed by atoms with Crippen molar-refractivity contribution in [1.29, 1.82) is 0 Å². The minimum absolute atomic E-state index is 0.369. The second-order valence-corrected chi connectivity index (χ2v) is 8.75. The number of benzene rings is 3. The molecule has 0 fully saturated rings. The van der Waals surface area contributed by atoms with Gasteiger partial charge in [0.15, 0.2) is 6.61 Å². The van der Waals surface area contributed by atoms with Crippen LogP contribution in [-0.4, -0.2) is 23.4 Å². The van der Waals surface area contributed by atoms with E-state index < -0.39 is 36.1 Å². The first-order chi connectivity index (χ1) is 16.8. The van der Waals surface area contributed by atoms with Gasteiger partial charge in [0.1, 0.15) is 5.75 Å². The normalized spacial score (nSPS) is 11.8. The van der Waals surface area contributed by atoms with Crippen LogP contribution in [0.15, 0.2) is 77.7 Å². The molecule has 0 amide bonds. The van der Waals surface area contributed by atoms with E-state index in [-0.39, 0.29) is 0 Å².